The third kappa shape index (κ3) is 12.4. The highest BCUT2D eigenvalue weighted by molar-refractivity contribution is 5.85. The fourth-order valence-electron chi connectivity index (χ4n) is 9.30. The summed E-state index contributed by atoms with van der Waals surface area (Å²) in [4.78, 5) is 51.2. The van der Waals surface area contributed by atoms with Gasteiger partial charge >= 0.3 is 11.9 Å². The van der Waals surface area contributed by atoms with E-state index in [4.69, 9.17) is 9.47 Å². The number of nitrogens with one attached hydrogen (secondary N) is 2. The number of halogens is 6. The van der Waals surface area contributed by atoms with Crippen molar-refractivity contribution < 1.29 is 60.7 Å². The number of unbranched alkanes of at least 4 members (excludes halogenated alkanes) is 1. The van der Waals surface area contributed by atoms with Gasteiger partial charge in [-0.3, -0.25) is 19.2 Å². The standard InChI is InChI=1S/C29H26F5NO3.C28H29FN2O3/c1-2-3-12-35-29(37)16(13-21-24(30)26(32)28(34)27(33)25(21)31)14-23(36)38-15-22-19-10-6-4-8-17(19)18-9-5-7-11-20(18)22;29-21-8-5-7-19(16-21)15-20(28(33)31-14-6-13-30)17-27(32)34-18-26-24-11-3-1-9-22(24)23-10-2-4-12-25(23)26/h4-11,16,22H,2-3,12-15H2,1H3,(H,35,37);1-5,7-12,16,20,26H,6,13-15,17-18,30H2,(H,31,33)/p+1. The smallest absolute Gasteiger partial charge is 0.306 e. The quantitative estimate of drug-likeness (QED) is 0.0229. The second-order valence-corrected chi connectivity index (χ2v) is 17.9. The molecular weight excluding hydrogens is 937 g/mol. The van der Waals surface area contributed by atoms with Crippen molar-refractivity contribution in [2.75, 3.05) is 32.8 Å². The van der Waals surface area contributed by atoms with E-state index in [-0.39, 0.29) is 56.2 Å². The molecule has 5 N–H and O–H groups in total. The number of hydrogen-bond acceptors (Lipinski definition) is 6. The molecule has 0 fully saturated rings. The van der Waals surface area contributed by atoms with Crippen molar-refractivity contribution >= 4 is 23.8 Å². The fourth-order valence-corrected chi connectivity index (χ4v) is 9.30. The van der Waals surface area contributed by atoms with E-state index < -0.39 is 77.2 Å². The van der Waals surface area contributed by atoms with E-state index in [0.29, 0.717) is 25.1 Å². The highest BCUT2D eigenvalue weighted by atomic mass is 19.2. The average molecular weight is 993 g/mol. The number of quaternary nitrogens is 1. The lowest BCUT2D eigenvalue weighted by atomic mass is 9.94. The Kier molecular flexibility index (Phi) is 18.0. The maximum absolute atomic E-state index is 14.3. The van der Waals surface area contributed by atoms with E-state index >= 15 is 0 Å². The van der Waals surface area contributed by atoms with Gasteiger partial charge in [-0.1, -0.05) is 123 Å². The van der Waals surface area contributed by atoms with Crippen LogP contribution in [0.2, 0.25) is 0 Å². The van der Waals surface area contributed by atoms with E-state index in [1.807, 2.05) is 79.7 Å². The molecule has 6 aromatic rings. The normalized spacial score (nSPS) is 13.1. The van der Waals surface area contributed by atoms with Crippen LogP contribution in [0.15, 0.2) is 121 Å². The van der Waals surface area contributed by atoms with Crippen LogP contribution in [0.1, 0.15) is 84.2 Å². The topological polar surface area (TPSA) is 138 Å². The Morgan fingerprint density at radius 3 is 1.35 bits per heavy atom. The molecule has 0 saturated carbocycles. The van der Waals surface area contributed by atoms with Gasteiger partial charge in [-0.2, -0.15) is 0 Å². The van der Waals surface area contributed by atoms with E-state index in [1.54, 1.807) is 12.1 Å². The summed E-state index contributed by atoms with van der Waals surface area (Å²) in [6, 6.07) is 37.8. The van der Waals surface area contributed by atoms with Crippen molar-refractivity contribution in [3.05, 3.63) is 190 Å². The van der Waals surface area contributed by atoms with Crippen LogP contribution in [0.3, 0.4) is 0 Å². The predicted molar refractivity (Wildman–Crippen MR) is 259 cm³/mol. The van der Waals surface area contributed by atoms with Crippen LogP contribution in [0.25, 0.3) is 22.3 Å². The third-order valence-electron chi connectivity index (χ3n) is 13.0. The van der Waals surface area contributed by atoms with Gasteiger partial charge < -0.3 is 25.8 Å². The summed E-state index contributed by atoms with van der Waals surface area (Å²) < 4.78 is 94.5. The van der Waals surface area contributed by atoms with Crippen LogP contribution in [-0.2, 0) is 41.5 Å². The van der Waals surface area contributed by atoms with Gasteiger partial charge in [-0.25, -0.2) is 26.3 Å². The zero-order valence-electron chi connectivity index (χ0n) is 39.8. The second-order valence-electron chi connectivity index (χ2n) is 17.9. The van der Waals surface area contributed by atoms with Crippen molar-refractivity contribution in [2.45, 2.75) is 63.7 Å². The lowest BCUT2D eigenvalue weighted by Crippen LogP contribution is -2.51. The first-order valence-corrected chi connectivity index (χ1v) is 24.1. The summed E-state index contributed by atoms with van der Waals surface area (Å²) in [5, 5.41) is 5.43. The molecule has 2 amide bonds. The molecule has 0 saturated heterocycles. The summed E-state index contributed by atoms with van der Waals surface area (Å²) in [5.74, 6) is -15.5. The van der Waals surface area contributed by atoms with Crippen molar-refractivity contribution in [3.63, 3.8) is 0 Å². The van der Waals surface area contributed by atoms with Gasteiger partial charge in [-0.15, -0.1) is 0 Å². The number of ether oxygens (including phenoxy) is 2. The van der Waals surface area contributed by atoms with Gasteiger partial charge in [0.25, 0.3) is 0 Å². The summed E-state index contributed by atoms with van der Waals surface area (Å²) in [5.41, 5.74) is 11.9. The molecular formula is C57H56F6N3O6+. The maximum Gasteiger partial charge on any atom is 0.306 e. The van der Waals surface area contributed by atoms with Crippen LogP contribution in [0, 0.1) is 46.7 Å². The van der Waals surface area contributed by atoms with E-state index in [0.717, 1.165) is 57.3 Å². The second kappa shape index (κ2) is 24.7. The maximum atomic E-state index is 14.3. The number of rotatable bonds is 20. The number of amides is 2. The largest absolute Gasteiger partial charge is 0.465 e. The number of esters is 2. The van der Waals surface area contributed by atoms with Gasteiger partial charge in [0.2, 0.25) is 17.6 Å². The summed E-state index contributed by atoms with van der Waals surface area (Å²) in [6.07, 6.45) is 0.826. The average Bonchev–Trinajstić information content (AvgIpc) is 3.89. The molecule has 0 aliphatic heterocycles. The first kappa shape index (κ1) is 52.6. The molecule has 2 aliphatic carbocycles. The Hall–Kier alpha value is -7.26. The molecule has 8 rings (SSSR count). The van der Waals surface area contributed by atoms with Crippen LogP contribution in [0.4, 0.5) is 26.3 Å². The number of fused-ring (bicyclic) bond motifs is 6. The van der Waals surface area contributed by atoms with Crippen molar-refractivity contribution in [2.24, 2.45) is 11.8 Å². The third-order valence-corrected chi connectivity index (χ3v) is 13.0. The first-order chi connectivity index (χ1) is 34.8. The predicted octanol–water partition coefficient (Wildman–Crippen LogP) is 9.68. The van der Waals surface area contributed by atoms with Crippen LogP contribution < -0.4 is 16.4 Å². The van der Waals surface area contributed by atoms with Crippen LogP contribution in [0.5, 0.6) is 0 Å². The molecule has 0 radical (unpaired) electrons. The minimum Gasteiger partial charge on any atom is -0.465 e. The zero-order chi connectivity index (χ0) is 51.3. The van der Waals surface area contributed by atoms with Crippen LogP contribution >= 0.6 is 0 Å². The molecule has 0 spiro atoms. The molecule has 9 nitrogen and oxygen atoms in total. The minimum atomic E-state index is -2.29. The first-order valence-electron chi connectivity index (χ1n) is 24.1. The van der Waals surface area contributed by atoms with Gasteiger partial charge in [-0.05, 0) is 81.5 Å². The molecule has 2 atom stereocenters. The van der Waals surface area contributed by atoms with Gasteiger partial charge in [0.05, 0.1) is 31.2 Å². The Balaban J connectivity index is 0.000000213. The molecule has 0 aromatic heterocycles. The molecule has 2 unspecified atom stereocenters. The number of carbonyl (C=O) groups is 4. The molecule has 0 bridgehead atoms. The molecule has 0 heterocycles. The van der Waals surface area contributed by atoms with Crippen molar-refractivity contribution in [1.82, 2.24) is 10.6 Å². The Morgan fingerprint density at radius 1 is 0.528 bits per heavy atom. The summed E-state index contributed by atoms with van der Waals surface area (Å²) in [7, 11) is 0. The Labute approximate surface area is 414 Å². The van der Waals surface area contributed by atoms with Crippen LogP contribution in [-0.4, -0.2) is 56.6 Å². The van der Waals surface area contributed by atoms with E-state index in [2.05, 4.69) is 40.6 Å². The zero-order valence-corrected chi connectivity index (χ0v) is 39.8. The van der Waals surface area contributed by atoms with Gasteiger partial charge in [0, 0.05) is 36.9 Å². The number of carbonyl (C=O) groups excluding carboxylic acids is 4. The lowest BCUT2D eigenvalue weighted by Gasteiger charge is -2.19. The van der Waals surface area contributed by atoms with Gasteiger partial charge in [0.15, 0.2) is 23.3 Å². The Morgan fingerprint density at radius 2 is 0.931 bits per heavy atom. The number of benzene rings is 6. The van der Waals surface area contributed by atoms with E-state index in [1.165, 1.54) is 12.1 Å². The fraction of sp³-hybridized carbons (Fsp3) is 0.298. The summed E-state index contributed by atoms with van der Waals surface area (Å²) in [6.45, 7) is 3.49. The SMILES string of the molecule is CCCCNC(=O)C(CC(=O)OCC1c2ccccc2-c2ccccc21)Cc1c(F)c(F)c(F)c(F)c1F.[NH3+]CCCNC(=O)C(CC(=O)OCC1c2ccccc2-c2ccccc21)Cc1cccc(F)c1. The number of hydrogen-bond donors (Lipinski definition) is 3. The monoisotopic (exact) mass is 992 g/mol. The molecule has 2 aliphatic rings. The van der Waals surface area contributed by atoms with Crippen molar-refractivity contribution in [3.8, 4) is 22.3 Å². The molecule has 6 aromatic carbocycles. The van der Waals surface area contributed by atoms with Gasteiger partial charge in [0.1, 0.15) is 19.0 Å². The molecule has 376 valence electrons. The summed E-state index contributed by atoms with van der Waals surface area (Å²) >= 11 is 0. The molecule has 15 heteroatoms. The minimum absolute atomic E-state index is 0.0381. The van der Waals surface area contributed by atoms with Crippen molar-refractivity contribution in [1.29, 1.82) is 0 Å². The lowest BCUT2D eigenvalue weighted by molar-refractivity contribution is -0.367. The Bertz CT molecular complexity index is 2790. The highest BCUT2D eigenvalue weighted by Gasteiger charge is 2.34. The van der Waals surface area contributed by atoms with E-state index in [9.17, 15) is 45.5 Å². The molecule has 72 heavy (non-hydrogen) atoms. The highest BCUT2D eigenvalue weighted by Crippen LogP contribution is 2.46.